The number of halogens is 1. The van der Waals surface area contributed by atoms with Crippen LogP contribution in [0.3, 0.4) is 0 Å². The number of fused-ring (bicyclic) bond motifs is 1. The summed E-state index contributed by atoms with van der Waals surface area (Å²) in [7, 11) is 1.90. The summed E-state index contributed by atoms with van der Waals surface area (Å²) in [4.78, 5) is 30.3. The van der Waals surface area contributed by atoms with E-state index >= 15 is 0 Å². The number of hydrogen-bond donors (Lipinski definition) is 1. The number of hydrogen-bond acceptors (Lipinski definition) is 8. The molecule has 1 saturated heterocycles. The Morgan fingerprint density at radius 1 is 0.900 bits per heavy atom. The summed E-state index contributed by atoms with van der Waals surface area (Å²) in [5.74, 6) is 0.947. The first kappa shape index (κ1) is 25.4. The third-order valence-electron chi connectivity index (χ3n) is 7.35. The first-order valence-electron chi connectivity index (χ1n) is 13.0. The molecule has 4 aromatic heterocycles. The largest absolute Gasteiger partial charge is 0.351 e. The zero-order valence-corrected chi connectivity index (χ0v) is 22.5. The summed E-state index contributed by atoms with van der Waals surface area (Å²) >= 11 is 0. The predicted octanol–water partition coefficient (Wildman–Crippen LogP) is 2.79. The van der Waals surface area contributed by atoms with Crippen LogP contribution in [-0.4, -0.2) is 66.4 Å². The van der Waals surface area contributed by atoms with Crippen molar-refractivity contribution in [2.75, 3.05) is 36.0 Å². The van der Waals surface area contributed by atoms with E-state index in [0.29, 0.717) is 24.6 Å². The van der Waals surface area contributed by atoms with Gasteiger partial charge in [-0.2, -0.15) is 10.2 Å². The van der Waals surface area contributed by atoms with Crippen LogP contribution in [-0.2, 0) is 17.4 Å². The van der Waals surface area contributed by atoms with Gasteiger partial charge in [-0.25, -0.2) is 23.9 Å². The molecule has 0 aliphatic carbocycles. The number of rotatable bonds is 6. The van der Waals surface area contributed by atoms with Crippen LogP contribution in [0, 0.1) is 5.82 Å². The molecule has 0 saturated carbocycles. The Hall–Kier alpha value is -4.87. The van der Waals surface area contributed by atoms with E-state index in [1.54, 1.807) is 35.5 Å². The summed E-state index contributed by atoms with van der Waals surface area (Å²) in [5.41, 5.74) is 3.54. The molecular formula is C28H29FN10O. The highest BCUT2D eigenvalue weighted by Crippen LogP contribution is 2.30. The second kappa shape index (κ2) is 10.0. The fourth-order valence-corrected chi connectivity index (χ4v) is 5.20. The van der Waals surface area contributed by atoms with E-state index in [9.17, 15) is 9.18 Å². The lowest BCUT2D eigenvalue weighted by molar-refractivity contribution is -0.120. The molecule has 0 unspecified atom stereocenters. The highest BCUT2D eigenvalue weighted by atomic mass is 19.1. The molecule has 0 bridgehead atoms. The van der Waals surface area contributed by atoms with Crippen molar-refractivity contribution >= 4 is 23.2 Å². The number of nitrogens with one attached hydrogen (secondary N) is 1. The summed E-state index contributed by atoms with van der Waals surface area (Å²) in [6.45, 7) is 6.23. The van der Waals surface area contributed by atoms with Gasteiger partial charge in [0.1, 0.15) is 17.7 Å². The van der Waals surface area contributed by atoms with Crippen molar-refractivity contribution in [3.63, 3.8) is 0 Å². The number of carbonyl (C=O) groups excluding carboxylic acids is 1. The fraction of sp³-hybridized carbons (Fsp3) is 0.286. The lowest BCUT2D eigenvalue weighted by Crippen LogP contribution is -2.47. The van der Waals surface area contributed by atoms with Crippen molar-refractivity contribution in [1.82, 2.24) is 39.7 Å². The van der Waals surface area contributed by atoms with Gasteiger partial charge in [-0.15, -0.1) is 0 Å². The molecule has 1 aromatic carbocycles. The van der Waals surface area contributed by atoms with Crippen LogP contribution in [0.1, 0.15) is 25.0 Å². The third kappa shape index (κ3) is 4.72. The minimum atomic E-state index is -0.902. The van der Waals surface area contributed by atoms with Crippen molar-refractivity contribution in [3.8, 4) is 11.1 Å². The number of anilines is 2. The summed E-state index contributed by atoms with van der Waals surface area (Å²) in [6.07, 6.45) is 10.8. The molecule has 5 aromatic rings. The number of aromatic nitrogens is 7. The topological polar surface area (TPSA) is 109 Å². The number of benzene rings is 1. The van der Waals surface area contributed by atoms with Crippen molar-refractivity contribution < 1.29 is 9.18 Å². The molecule has 1 fully saturated rings. The third-order valence-corrected chi connectivity index (χ3v) is 7.35. The SMILES string of the molecule is CC(=O)N[C@@](C)(c1ccc(F)cc1)c1cnc(N2CCN(c3ncnn4cc(-c5cnn(C)c5)cc34)CC2)nc1. The van der Waals surface area contributed by atoms with Gasteiger partial charge in [0, 0.05) is 81.6 Å². The van der Waals surface area contributed by atoms with Crippen LogP contribution in [0.25, 0.3) is 16.6 Å². The summed E-state index contributed by atoms with van der Waals surface area (Å²) in [6, 6.07) is 8.17. The normalized spacial score (nSPS) is 15.3. The van der Waals surface area contributed by atoms with Gasteiger partial charge in [0.15, 0.2) is 5.82 Å². The number of nitrogens with zero attached hydrogens (tertiary/aromatic N) is 9. The minimum absolute atomic E-state index is 0.207. The monoisotopic (exact) mass is 540 g/mol. The standard InChI is InChI=1S/C28H29FN10O/c1-19(40)35-28(2,22-4-6-24(29)7-5-22)23-14-30-27(31-15-23)38-10-8-37(9-11-38)26-25-12-20(17-39(25)34-18-32-26)21-13-33-36(3)16-21/h4-7,12-18H,8-11H2,1-3H3,(H,35,40)/t28-/m0/s1. The highest BCUT2D eigenvalue weighted by molar-refractivity contribution is 5.77. The van der Waals surface area contributed by atoms with Crippen LogP contribution in [0.5, 0.6) is 0 Å². The maximum Gasteiger partial charge on any atom is 0.225 e. The second-order valence-electron chi connectivity index (χ2n) is 10.1. The van der Waals surface area contributed by atoms with Crippen LogP contribution in [0.4, 0.5) is 16.2 Å². The molecule has 1 N–H and O–H groups in total. The van der Waals surface area contributed by atoms with Gasteiger partial charge in [-0.1, -0.05) is 12.1 Å². The zero-order valence-electron chi connectivity index (χ0n) is 22.5. The molecule has 12 heteroatoms. The lowest BCUT2D eigenvalue weighted by Gasteiger charge is -2.36. The molecule has 1 amide bonds. The first-order chi connectivity index (χ1) is 19.3. The molecule has 1 aliphatic rings. The summed E-state index contributed by atoms with van der Waals surface area (Å²) < 4.78 is 17.2. The van der Waals surface area contributed by atoms with E-state index in [1.165, 1.54) is 19.1 Å². The molecular weight excluding hydrogens is 511 g/mol. The molecule has 1 aliphatic heterocycles. The Labute approximate surface area is 230 Å². The number of piperazine rings is 1. The Morgan fingerprint density at radius 2 is 1.60 bits per heavy atom. The Morgan fingerprint density at radius 3 is 2.25 bits per heavy atom. The van der Waals surface area contributed by atoms with Gasteiger partial charge in [0.25, 0.3) is 0 Å². The molecule has 1 atom stereocenters. The maximum absolute atomic E-state index is 13.6. The first-order valence-corrected chi connectivity index (χ1v) is 13.0. The predicted molar refractivity (Wildman–Crippen MR) is 148 cm³/mol. The van der Waals surface area contributed by atoms with Crippen molar-refractivity contribution in [1.29, 1.82) is 0 Å². The molecule has 6 rings (SSSR count). The van der Waals surface area contributed by atoms with E-state index in [1.807, 2.05) is 37.1 Å². The molecule has 204 valence electrons. The second-order valence-corrected chi connectivity index (χ2v) is 10.1. The average Bonchev–Trinajstić information content (AvgIpc) is 3.59. The summed E-state index contributed by atoms with van der Waals surface area (Å²) in [5, 5.41) is 11.7. The van der Waals surface area contributed by atoms with Gasteiger partial charge < -0.3 is 15.1 Å². The quantitative estimate of drug-likeness (QED) is 0.350. The van der Waals surface area contributed by atoms with Crippen molar-refractivity contribution in [2.45, 2.75) is 19.4 Å². The Balaban J connectivity index is 1.19. The Kier molecular flexibility index (Phi) is 6.37. The van der Waals surface area contributed by atoms with Crippen molar-refractivity contribution in [3.05, 3.63) is 84.6 Å². The Bertz CT molecular complexity index is 1660. The van der Waals surface area contributed by atoms with Crippen LogP contribution in [0.15, 0.2) is 67.6 Å². The molecule has 0 radical (unpaired) electrons. The van der Waals surface area contributed by atoms with Crippen molar-refractivity contribution in [2.24, 2.45) is 7.05 Å². The van der Waals surface area contributed by atoms with Gasteiger partial charge in [-0.05, 0) is 30.7 Å². The molecule has 40 heavy (non-hydrogen) atoms. The maximum atomic E-state index is 13.6. The van der Waals surface area contributed by atoms with E-state index in [-0.39, 0.29) is 11.7 Å². The van der Waals surface area contributed by atoms with Gasteiger partial charge in [0.2, 0.25) is 11.9 Å². The molecule has 11 nitrogen and oxygen atoms in total. The van der Waals surface area contributed by atoms with E-state index in [4.69, 9.17) is 0 Å². The number of aryl methyl sites for hydroxylation is 1. The van der Waals surface area contributed by atoms with Crippen LogP contribution < -0.4 is 15.1 Å². The van der Waals surface area contributed by atoms with Gasteiger partial charge in [0.05, 0.1) is 11.7 Å². The average molecular weight is 541 g/mol. The fourth-order valence-electron chi connectivity index (χ4n) is 5.20. The molecule has 0 spiro atoms. The number of amides is 1. The van der Waals surface area contributed by atoms with E-state index in [0.717, 1.165) is 41.1 Å². The van der Waals surface area contributed by atoms with Crippen LogP contribution in [0.2, 0.25) is 0 Å². The zero-order chi connectivity index (χ0) is 27.9. The van der Waals surface area contributed by atoms with Crippen LogP contribution >= 0.6 is 0 Å². The minimum Gasteiger partial charge on any atom is -0.351 e. The van der Waals surface area contributed by atoms with E-state index in [2.05, 4.69) is 46.3 Å². The van der Waals surface area contributed by atoms with E-state index < -0.39 is 5.54 Å². The number of carbonyl (C=O) groups is 1. The van der Waals surface area contributed by atoms with Gasteiger partial charge in [-0.3, -0.25) is 9.48 Å². The van der Waals surface area contributed by atoms with Gasteiger partial charge >= 0.3 is 0 Å². The molecule has 5 heterocycles. The highest BCUT2D eigenvalue weighted by Gasteiger charge is 2.31. The lowest BCUT2D eigenvalue weighted by atomic mass is 9.86. The smallest absolute Gasteiger partial charge is 0.225 e.